The Morgan fingerprint density at radius 3 is 2.92 bits per heavy atom. The first kappa shape index (κ1) is 16.2. The van der Waals surface area contributed by atoms with Crippen LogP contribution in [0.25, 0.3) is 11.0 Å². The smallest absolute Gasteiger partial charge is 0.226 e. The van der Waals surface area contributed by atoms with E-state index in [9.17, 15) is 4.79 Å². The van der Waals surface area contributed by atoms with Gasteiger partial charge in [-0.15, -0.1) is 0 Å². The molecule has 0 unspecified atom stereocenters. The summed E-state index contributed by atoms with van der Waals surface area (Å²) in [5.41, 5.74) is 4.01. The predicted molar refractivity (Wildman–Crippen MR) is 96.8 cm³/mol. The Hall–Kier alpha value is -2.66. The number of carbonyl (C=O) groups excluding carboxylic acids is 1. The van der Waals surface area contributed by atoms with Crippen LogP contribution in [-0.4, -0.2) is 22.0 Å². The zero-order valence-electron chi connectivity index (χ0n) is 13.8. The van der Waals surface area contributed by atoms with E-state index in [1.54, 1.807) is 6.33 Å². The summed E-state index contributed by atoms with van der Waals surface area (Å²) >= 11 is 0. The highest BCUT2D eigenvalue weighted by Gasteiger charge is 2.06. The first-order valence-electron chi connectivity index (χ1n) is 8.25. The lowest BCUT2D eigenvalue weighted by molar-refractivity contribution is -0.116. The summed E-state index contributed by atoms with van der Waals surface area (Å²) in [6.07, 6.45) is 2.20. The summed E-state index contributed by atoms with van der Waals surface area (Å²) < 4.78 is 2.01. The summed E-state index contributed by atoms with van der Waals surface area (Å²) in [7, 11) is 0. The molecule has 0 aliphatic rings. The number of anilines is 1. The van der Waals surface area contributed by atoms with Gasteiger partial charge < -0.3 is 15.2 Å². The molecule has 5 nitrogen and oxygen atoms in total. The largest absolute Gasteiger partial charge is 0.330 e. The van der Waals surface area contributed by atoms with E-state index < -0.39 is 0 Å². The number of nitrogens with zero attached hydrogens (tertiary/aromatic N) is 2. The third-order valence-corrected chi connectivity index (χ3v) is 3.90. The molecule has 5 heteroatoms. The minimum Gasteiger partial charge on any atom is -0.330 e. The molecule has 0 saturated carbocycles. The molecule has 1 heterocycles. The van der Waals surface area contributed by atoms with E-state index in [1.807, 2.05) is 47.0 Å². The van der Waals surface area contributed by atoms with Gasteiger partial charge in [0.1, 0.15) is 0 Å². The number of amides is 1. The highest BCUT2D eigenvalue weighted by Crippen LogP contribution is 2.14. The van der Waals surface area contributed by atoms with Gasteiger partial charge >= 0.3 is 0 Å². The van der Waals surface area contributed by atoms with Crippen molar-refractivity contribution in [3.8, 4) is 0 Å². The SMILES string of the molecule is CCNCc1cccc(NC(=O)CCn2cnc3ccccc32)c1. The van der Waals surface area contributed by atoms with Crippen molar-refractivity contribution >= 4 is 22.6 Å². The molecule has 1 aromatic heterocycles. The van der Waals surface area contributed by atoms with Gasteiger partial charge in [0.05, 0.1) is 17.4 Å². The van der Waals surface area contributed by atoms with Crippen LogP contribution in [0.3, 0.4) is 0 Å². The number of fused-ring (bicyclic) bond motifs is 1. The minimum absolute atomic E-state index is 0.00776. The third kappa shape index (κ3) is 4.00. The van der Waals surface area contributed by atoms with Gasteiger partial charge in [-0.05, 0) is 36.4 Å². The summed E-state index contributed by atoms with van der Waals surface area (Å²) in [5.74, 6) is 0.00776. The van der Waals surface area contributed by atoms with Crippen LogP contribution in [0, 0.1) is 0 Å². The maximum atomic E-state index is 12.2. The second-order valence-corrected chi connectivity index (χ2v) is 5.71. The highest BCUT2D eigenvalue weighted by molar-refractivity contribution is 5.90. The average molecular weight is 322 g/mol. The van der Waals surface area contributed by atoms with Crippen LogP contribution >= 0.6 is 0 Å². The average Bonchev–Trinajstić information content (AvgIpc) is 3.02. The van der Waals surface area contributed by atoms with Crippen molar-refractivity contribution in [2.24, 2.45) is 0 Å². The van der Waals surface area contributed by atoms with Crippen LogP contribution < -0.4 is 10.6 Å². The molecule has 124 valence electrons. The molecule has 0 radical (unpaired) electrons. The molecular formula is C19H22N4O. The van der Waals surface area contributed by atoms with E-state index in [0.29, 0.717) is 13.0 Å². The Morgan fingerprint density at radius 2 is 2.04 bits per heavy atom. The van der Waals surface area contributed by atoms with Gasteiger partial charge in [0.15, 0.2) is 0 Å². The quantitative estimate of drug-likeness (QED) is 0.702. The molecule has 3 rings (SSSR count). The van der Waals surface area contributed by atoms with E-state index in [-0.39, 0.29) is 5.91 Å². The Morgan fingerprint density at radius 1 is 1.17 bits per heavy atom. The lowest BCUT2D eigenvalue weighted by atomic mass is 10.2. The van der Waals surface area contributed by atoms with Crippen LogP contribution in [0.2, 0.25) is 0 Å². The van der Waals surface area contributed by atoms with Crippen LogP contribution in [0.1, 0.15) is 18.9 Å². The second-order valence-electron chi connectivity index (χ2n) is 5.71. The molecule has 2 aromatic carbocycles. The Labute approximate surface area is 141 Å². The fourth-order valence-corrected chi connectivity index (χ4v) is 2.66. The van der Waals surface area contributed by atoms with E-state index in [0.717, 1.165) is 35.4 Å². The van der Waals surface area contributed by atoms with Gasteiger partial charge in [0.2, 0.25) is 5.91 Å². The van der Waals surface area contributed by atoms with Crippen molar-refractivity contribution in [1.29, 1.82) is 0 Å². The number of hydrogen-bond donors (Lipinski definition) is 2. The maximum Gasteiger partial charge on any atom is 0.226 e. The highest BCUT2D eigenvalue weighted by atomic mass is 16.1. The van der Waals surface area contributed by atoms with Gasteiger partial charge in [-0.3, -0.25) is 4.79 Å². The number of rotatable bonds is 7. The van der Waals surface area contributed by atoms with Crippen molar-refractivity contribution < 1.29 is 4.79 Å². The van der Waals surface area contributed by atoms with Gasteiger partial charge in [0, 0.05) is 25.2 Å². The molecule has 0 bridgehead atoms. The molecule has 0 fully saturated rings. The van der Waals surface area contributed by atoms with Crippen LogP contribution in [0.15, 0.2) is 54.9 Å². The van der Waals surface area contributed by atoms with Gasteiger partial charge in [0.25, 0.3) is 0 Å². The Balaban J connectivity index is 1.58. The lowest BCUT2D eigenvalue weighted by Crippen LogP contribution is -2.15. The number of nitrogens with one attached hydrogen (secondary N) is 2. The topological polar surface area (TPSA) is 58.9 Å². The molecule has 0 saturated heterocycles. The number of carbonyl (C=O) groups is 1. The van der Waals surface area contributed by atoms with Crippen molar-refractivity contribution in [2.75, 3.05) is 11.9 Å². The van der Waals surface area contributed by atoms with Gasteiger partial charge in [-0.1, -0.05) is 31.2 Å². The monoisotopic (exact) mass is 322 g/mol. The summed E-state index contributed by atoms with van der Waals surface area (Å²) in [5, 5.41) is 6.25. The third-order valence-electron chi connectivity index (χ3n) is 3.90. The number of hydrogen-bond acceptors (Lipinski definition) is 3. The normalized spacial score (nSPS) is 10.9. The standard InChI is InChI=1S/C19H22N4O/c1-2-20-13-15-6-5-7-16(12-15)22-19(24)10-11-23-14-21-17-8-3-4-9-18(17)23/h3-9,12,14,20H,2,10-11,13H2,1H3,(H,22,24). The number of aryl methyl sites for hydroxylation is 1. The first-order chi connectivity index (χ1) is 11.8. The molecular weight excluding hydrogens is 300 g/mol. The Kier molecular flexibility index (Phi) is 5.23. The van der Waals surface area contributed by atoms with E-state index in [2.05, 4.69) is 28.6 Å². The predicted octanol–water partition coefficient (Wildman–Crippen LogP) is 3.17. The molecule has 2 N–H and O–H groups in total. The van der Waals surface area contributed by atoms with Crippen LogP contribution in [-0.2, 0) is 17.9 Å². The number of aromatic nitrogens is 2. The van der Waals surface area contributed by atoms with Crippen LogP contribution in [0.5, 0.6) is 0 Å². The number of benzene rings is 2. The molecule has 1 amide bonds. The van der Waals surface area contributed by atoms with Crippen molar-refractivity contribution in [2.45, 2.75) is 26.4 Å². The fourth-order valence-electron chi connectivity index (χ4n) is 2.66. The Bertz CT molecular complexity index is 825. The molecule has 0 aliphatic carbocycles. The zero-order valence-corrected chi connectivity index (χ0v) is 13.8. The number of para-hydroxylation sites is 2. The lowest BCUT2D eigenvalue weighted by Gasteiger charge is -2.09. The van der Waals surface area contributed by atoms with Crippen molar-refractivity contribution in [1.82, 2.24) is 14.9 Å². The molecule has 0 spiro atoms. The summed E-state index contributed by atoms with van der Waals surface area (Å²) in [4.78, 5) is 16.6. The van der Waals surface area contributed by atoms with Gasteiger partial charge in [-0.2, -0.15) is 0 Å². The van der Waals surface area contributed by atoms with Crippen molar-refractivity contribution in [3.63, 3.8) is 0 Å². The van der Waals surface area contributed by atoms with Crippen molar-refractivity contribution in [3.05, 3.63) is 60.4 Å². The van der Waals surface area contributed by atoms with E-state index in [1.165, 1.54) is 0 Å². The minimum atomic E-state index is 0.00776. The zero-order chi connectivity index (χ0) is 16.8. The fraction of sp³-hybridized carbons (Fsp3) is 0.263. The van der Waals surface area contributed by atoms with Gasteiger partial charge in [-0.25, -0.2) is 4.98 Å². The number of imidazole rings is 1. The molecule has 24 heavy (non-hydrogen) atoms. The summed E-state index contributed by atoms with van der Waals surface area (Å²) in [6, 6.07) is 15.9. The van der Waals surface area contributed by atoms with E-state index in [4.69, 9.17) is 0 Å². The molecule has 3 aromatic rings. The van der Waals surface area contributed by atoms with E-state index >= 15 is 0 Å². The molecule has 0 atom stereocenters. The second kappa shape index (κ2) is 7.75. The van der Waals surface area contributed by atoms with Crippen LogP contribution in [0.4, 0.5) is 5.69 Å². The molecule has 0 aliphatic heterocycles. The maximum absolute atomic E-state index is 12.2. The summed E-state index contributed by atoms with van der Waals surface area (Å²) in [6.45, 7) is 4.42. The first-order valence-corrected chi connectivity index (χ1v) is 8.25.